The zero-order valence-corrected chi connectivity index (χ0v) is 6.97. The van der Waals surface area contributed by atoms with E-state index in [2.05, 4.69) is 6.58 Å². The van der Waals surface area contributed by atoms with Gasteiger partial charge < -0.3 is 14.9 Å². The average molecular weight is 168 g/mol. The molecule has 0 aromatic carbocycles. The molecule has 1 rings (SSSR count). The predicted molar refractivity (Wildman–Crippen MR) is 45.0 cm³/mol. The van der Waals surface area contributed by atoms with E-state index in [4.69, 9.17) is 5.11 Å². The maximum absolute atomic E-state index is 10.8. The molecule has 1 heterocycles. The van der Waals surface area contributed by atoms with Crippen LogP contribution in [-0.2, 0) is 4.79 Å². The van der Waals surface area contributed by atoms with Gasteiger partial charge in [0.2, 0.25) is 6.17 Å². The van der Waals surface area contributed by atoms with Gasteiger partial charge in [0.1, 0.15) is 0 Å². The van der Waals surface area contributed by atoms with Gasteiger partial charge in [-0.05, 0) is 13.1 Å². The van der Waals surface area contributed by atoms with Gasteiger partial charge in [-0.25, -0.2) is 4.79 Å². The van der Waals surface area contributed by atoms with E-state index >= 15 is 0 Å². The molecule has 0 fully saturated rings. The van der Waals surface area contributed by atoms with Gasteiger partial charge >= 0.3 is 5.97 Å². The number of carboxylic acids is 1. The van der Waals surface area contributed by atoms with Crippen molar-refractivity contribution in [3.05, 3.63) is 25.2 Å². The second-order valence-electron chi connectivity index (χ2n) is 2.47. The molecular formula is C8H12N2O2. The smallest absolute Gasteiger partial charge is 0.347 e. The van der Waals surface area contributed by atoms with Gasteiger partial charge in [-0.3, -0.25) is 0 Å². The number of likely N-dealkylation sites (N-methyl/N-ethyl adjacent to an activating group) is 1. The molecule has 66 valence electrons. The van der Waals surface area contributed by atoms with E-state index in [1.54, 1.807) is 22.2 Å². The average Bonchev–Trinajstić information content (AvgIpc) is 2.46. The fourth-order valence-electron chi connectivity index (χ4n) is 1.21. The van der Waals surface area contributed by atoms with Crippen molar-refractivity contribution in [1.82, 2.24) is 9.80 Å². The summed E-state index contributed by atoms with van der Waals surface area (Å²) in [6.45, 7) is 6.12. The Morgan fingerprint density at radius 2 is 2.42 bits per heavy atom. The second-order valence-corrected chi connectivity index (χ2v) is 2.47. The molecule has 0 radical (unpaired) electrons. The van der Waals surface area contributed by atoms with Crippen molar-refractivity contribution in [2.24, 2.45) is 0 Å². The fourth-order valence-corrected chi connectivity index (χ4v) is 1.21. The minimum atomic E-state index is -0.859. The highest BCUT2D eigenvalue weighted by Gasteiger charge is 2.29. The third-order valence-corrected chi connectivity index (χ3v) is 1.82. The summed E-state index contributed by atoms with van der Waals surface area (Å²) >= 11 is 0. The summed E-state index contributed by atoms with van der Waals surface area (Å²) in [5, 5.41) is 8.85. The fraction of sp³-hybridized carbons (Fsp3) is 0.375. The summed E-state index contributed by atoms with van der Waals surface area (Å²) < 4.78 is 0. The lowest BCUT2D eigenvalue weighted by molar-refractivity contribution is -0.145. The number of hydrogen-bond acceptors (Lipinski definition) is 3. The Bertz CT molecular complexity index is 225. The number of nitrogens with zero attached hydrogens (tertiary/aromatic N) is 2. The summed E-state index contributed by atoms with van der Waals surface area (Å²) in [4.78, 5) is 14.1. The quantitative estimate of drug-likeness (QED) is 0.672. The van der Waals surface area contributed by atoms with E-state index in [0.29, 0.717) is 6.54 Å². The molecule has 12 heavy (non-hydrogen) atoms. The minimum Gasteiger partial charge on any atom is -0.478 e. The molecule has 4 heteroatoms. The summed E-state index contributed by atoms with van der Waals surface area (Å²) in [5.74, 6) is -0.859. The molecular weight excluding hydrogens is 156 g/mol. The van der Waals surface area contributed by atoms with Gasteiger partial charge in [-0.2, -0.15) is 0 Å². The largest absolute Gasteiger partial charge is 0.478 e. The molecule has 1 aliphatic heterocycles. The van der Waals surface area contributed by atoms with Crippen molar-refractivity contribution < 1.29 is 9.90 Å². The van der Waals surface area contributed by atoms with E-state index in [0.717, 1.165) is 0 Å². The van der Waals surface area contributed by atoms with Gasteiger partial charge in [0.25, 0.3) is 0 Å². The van der Waals surface area contributed by atoms with Crippen molar-refractivity contribution in [1.29, 1.82) is 0 Å². The molecule has 1 N–H and O–H groups in total. The molecule has 1 atom stereocenters. The molecule has 1 unspecified atom stereocenters. The molecule has 0 bridgehead atoms. The highest BCUT2D eigenvalue weighted by molar-refractivity contribution is 5.74. The van der Waals surface area contributed by atoms with Crippen molar-refractivity contribution in [3.8, 4) is 0 Å². The SMILES string of the molecule is C=CN1C=CN(CC)C1C(=O)O. The van der Waals surface area contributed by atoms with Gasteiger partial charge in [-0.1, -0.05) is 6.58 Å². The first-order valence-electron chi connectivity index (χ1n) is 3.77. The maximum Gasteiger partial charge on any atom is 0.347 e. The molecule has 0 saturated heterocycles. The maximum atomic E-state index is 10.8. The van der Waals surface area contributed by atoms with Crippen molar-refractivity contribution in [2.45, 2.75) is 13.1 Å². The van der Waals surface area contributed by atoms with Crippen molar-refractivity contribution in [3.63, 3.8) is 0 Å². The minimum absolute atomic E-state index is 0.618. The second kappa shape index (κ2) is 3.30. The van der Waals surface area contributed by atoms with Crippen molar-refractivity contribution in [2.75, 3.05) is 6.54 Å². The van der Waals surface area contributed by atoms with Gasteiger partial charge in [0, 0.05) is 18.9 Å². The van der Waals surface area contributed by atoms with Crippen LogP contribution in [0.5, 0.6) is 0 Å². The summed E-state index contributed by atoms with van der Waals surface area (Å²) in [5.41, 5.74) is 0. The highest BCUT2D eigenvalue weighted by Crippen LogP contribution is 2.15. The van der Waals surface area contributed by atoms with Crippen LogP contribution in [0.2, 0.25) is 0 Å². The van der Waals surface area contributed by atoms with Crippen LogP contribution >= 0.6 is 0 Å². The van der Waals surface area contributed by atoms with E-state index in [-0.39, 0.29) is 0 Å². The lowest BCUT2D eigenvalue weighted by atomic mass is 10.4. The van der Waals surface area contributed by atoms with Crippen LogP contribution in [-0.4, -0.2) is 33.6 Å². The first kappa shape index (κ1) is 8.64. The number of carboxylic acid groups (broad SMARTS) is 1. The molecule has 0 amide bonds. The van der Waals surface area contributed by atoms with Crippen LogP contribution in [0, 0.1) is 0 Å². The number of hydrogen-bond donors (Lipinski definition) is 1. The predicted octanol–water partition coefficient (Wildman–Crippen LogP) is 0.649. The molecule has 1 aliphatic rings. The summed E-state index contributed by atoms with van der Waals surface area (Å²) in [6.07, 6.45) is 4.34. The van der Waals surface area contributed by atoms with E-state index in [9.17, 15) is 4.79 Å². The van der Waals surface area contributed by atoms with Gasteiger partial charge in [0.05, 0.1) is 0 Å². The Morgan fingerprint density at radius 3 is 2.83 bits per heavy atom. The van der Waals surface area contributed by atoms with Crippen LogP contribution in [0.15, 0.2) is 25.2 Å². The first-order chi connectivity index (χ1) is 5.70. The standard InChI is InChI=1S/C8H12N2O2/c1-3-9-5-6-10(4-2)7(9)8(11)12/h3,5-7H,1,4H2,2H3,(H,11,12). The van der Waals surface area contributed by atoms with Crippen LogP contribution in [0.1, 0.15) is 6.92 Å². The van der Waals surface area contributed by atoms with Crippen LogP contribution in [0.3, 0.4) is 0 Å². The van der Waals surface area contributed by atoms with Crippen molar-refractivity contribution >= 4 is 5.97 Å². The van der Waals surface area contributed by atoms with Crippen LogP contribution in [0.25, 0.3) is 0 Å². The Kier molecular flexibility index (Phi) is 2.38. The molecule has 4 nitrogen and oxygen atoms in total. The molecule has 0 aliphatic carbocycles. The Morgan fingerprint density at radius 1 is 1.75 bits per heavy atom. The molecule has 0 aromatic rings. The monoisotopic (exact) mass is 168 g/mol. The lowest BCUT2D eigenvalue weighted by Gasteiger charge is -2.25. The number of carbonyl (C=O) groups is 1. The van der Waals surface area contributed by atoms with Gasteiger partial charge in [0.15, 0.2) is 0 Å². The van der Waals surface area contributed by atoms with E-state index in [1.165, 1.54) is 6.20 Å². The first-order valence-corrected chi connectivity index (χ1v) is 3.77. The Balaban J connectivity index is 2.77. The third-order valence-electron chi connectivity index (χ3n) is 1.82. The zero-order chi connectivity index (χ0) is 9.14. The lowest BCUT2D eigenvalue weighted by Crippen LogP contribution is -2.42. The number of rotatable bonds is 3. The topological polar surface area (TPSA) is 43.8 Å². The van der Waals surface area contributed by atoms with Gasteiger partial charge in [-0.15, -0.1) is 0 Å². The molecule has 0 spiro atoms. The molecule has 0 saturated carbocycles. The third kappa shape index (κ3) is 1.28. The van der Waals surface area contributed by atoms with E-state index in [1.807, 2.05) is 6.92 Å². The highest BCUT2D eigenvalue weighted by atomic mass is 16.4. The summed E-state index contributed by atoms with van der Waals surface area (Å²) in [6, 6.07) is 0. The normalized spacial score (nSPS) is 21.6. The zero-order valence-electron chi connectivity index (χ0n) is 6.97. The van der Waals surface area contributed by atoms with E-state index < -0.39 is 12.1 Å². The Labute approximate surface area is 71.4 Å². The Hall–Kier alpha value is -1.45. The molecule has 0 aromatic heterocycles. The number of aliphatic carboxylic acids is 1. The van der Waals surface area contributed by atoms with Crippen LogP contribution < -0.4 is 0 Å². The van der Waals surface area contributed by atoms with Crippen LogP contribution in [0.4, 0.5) is 0 Å². The summed E-state index contributed by atoms with van der Waals surface area (Å²) in [7, 11) is 0.